The molecule has 4 aromatic carbocycles. The smallest absolute Gasteiger partial charge is 0.308 e. The van der Waals surface area contributed by atoms with Crippen LogP contribution in [0.3, 0.4) is 0 Å². The number of aryl methyl sites for hydroxylation is 1. The summed E-state index contributed by atoms with van der Waals surface area (Å²) in [6.07, 6.45) is 6.03. The highest BCUT2D eigenvalue weighted by Crippen LogP contribution is 2.42. The summed E-state index contributed by atoms with van der Waals surface area (Å²) in [5.74, 6) is -2.88. The summed E-state index contributed by atoms with van der Waals surface area (Å²) in [6, 6.07) is 22.2. The molecule has 0 aliphatic carbocycles. The quantitative estimate of drug-likeness (QED) is 0.152. The Labute approximate surface area is 349 Å². The van der Waals surface area contributed by atoms with E-state index in [1.165, 1.54) is 55.8 Å². The topological polar surface area (TPSA) is 127 Å². The lowest BCUT2D eigenvalue weighted by atomic mass is 9.81. The van der Waals surface area contributed by atoms with Crippen molar-refractivity contribution < 1.29 is 39.9 Å². The fourth-order valence-corrected chi connectivity index (χ4v) is 11.1. The Balaban J connectivity index is 1.40. The standard InChI is InChI=1S/C46H47F2N3O7S2/c1-30-11-14-35(15-12-30)60(55,56)50-23-18-36-37-19-24-59(53,54)29-45(3,4)20-8-21-46(5,33-10-7-9-32(26-33)25-31(2)44(52)57-6)51-41(17-22-49-51)38-27-34(13-16-39(38)47)58-43(37)40(48)28-42(36)50/h7,9-19,22-24,26-28,31H,8,20-21,25,29H2,1-6H3/b24-19+/t31-,46?/m1/s1. The third-order valence-electron chi connectivity index (χ3n) is 11.3. The molecule has 1 aliphatic rings. The first kappa shape index (κ1) is 42.5. The van der Waals surface area contributed by atoms with Crippen LogP contribution in [0.5, 0.6) is 11.5 Å². The van der Waals surface area contributed by atoms with E-state index in [0.29, 0.717) is 31.4 Å². The Hall–Kier alpha value is -5.60. The number of nitrogens with zero attached hydrogens (tertiary/aromatic N) is 3. The molecule has 6 aromatic rings. The number of sulfone groups is 1. The van der Waals surface area contributed by atoms with Gasteiger partial charge < -0.3 is 9.47 Å². The second-order valence-corrected chi connectivity index (χ2v) is 20.3. The molecule has 3 heterocycles. The van der Waals surface area contributed by atoms with Gasteiger partial charge in [-0.3, -0.25) is 9.48 Å². The number of methoxy groups -OCH3 is 1. The van der Waals surface area contributed by atoms with E-state index in [0.717, 1.165) is 32.1 Å². The minimum Gasteiger partial charge on any atom is -0.469 e. The first-order chi connectivity index (χ1) is 28.3. The van der Waals surface area contributed by atoms with Crippen LogP contribution >= 0.6 is 0 Å². The lowest BCUT2D eigenvalue weighted by Crippen LogP contribution is -2.34. The van der Waals surface area contributed by atoms with Crippen LogP contribution < -0.4 is 4.74 Å². The molecule has 0 amide bonds. The van der Waals surface area contributed by atoms with Gasteiger partial charge in [0.25, 0.3) is 10.0 Å². The van der Waals surface area contributed by atoms with Crippen molar-refractivity contribution in [2.45, 2.75) is 70.7 Å². The van der Waals surface area contributed by atoms with Crippen molar-refractivity contribution in [1.29, 1.82) is 0 Å². The second-order valence-electron chi connectivity index (χ2n) is 16.6. The lowest BCUT2D eigenvalue weighted by molar-refractivity contribution is -0.144. The van der Waals surface area contributed by atoms with Crippen LogP contribution in [0.25, 0.3) is 28.2 Å². The lowest BCUT2D eigenvalue weighted by Gasteiger charge is -2.34. The van der Waals surface area contributed by atoms with Crippen molar-refractivity contribution in [2.24, 2.45) is 11.3 Å². The minimum atomic E-state index is -4.20. The maximum absolute atomic E-state index is 16.5. The fourth-order valence-electron chi connectivity index (χ4n) is 8.11. The van der Waals surface area contributed by atoms with Crippen molar-refractivity contribution in [3.05, 3.63) is 137 Å². The van der Waals surface area contributed by atoms with Crippen LogP contribution in [0.4, 0.5) is 8.78 Å². The molecule has 314 valence electrons. The number of fused-ring (bicyclic) bond motifs is 7. The van der Waals surface area contributed by atoms with Crippen molar-refractivity contribution >= 4 is 42.8 Å². The highest BCUT2D eigenvalue weighted by atomic mass is 32.2. The Morgan fingerprint density at radius 2 is 1.72 bits per heavy atom. The number of halogens is 2. The van der Waals surface area contributed by atoms with Gasteiger partial charge in [0.15, 0.2) is 21.4 Å². The molecular formula is C46H47F2N3O7S2. The number of rotatable bonds is 6. The molecule has 2 atom stereocenters. The van der Waals surface area contributed by atoms with Gasteiger partial charge in [-0.1, -0.05) is 69.2 Å². The molecule has 0 saturated carbocycles. The van der Waals surface area contributed by atoms with Gasteiger partial charge in [-0.05, 0) is 98.2 Å². The van der Waals surface area contributed by atoms with E-state index in [1.807, 2.05) is 52.0 Å². The molecule has 14 heteroatoms. The number of hydrogen-bond donors (Lipinski definition) is 0. The normalized spacial score (nSPS) is 19.0. The van der Waals surface area contributed by atoms with Gasteiger partial charge >= 0.3 is 5.97 Å². The van der Waals surface area contributed by atoms with Crippen LogP contribution in [-0.4, -0.2) is 49.4 Å². The van der Waals surface area contributed by atoms with Crippen molar-refractivity contribution in [3.63, 3.8) is 0 Å². The molecule has 0 radical (unpaired) electrons. The summed E-state index contributed by atoms with van der Waals surface area (Å²) in [5, 5.41) is 5.96. The van der Waals surface area contributed by atoms with Crippen LogP contribution in [0.1, 0.15) is 69.2 Å². The fraction of sp³-hybridized carbons (Fsp3) is 0.304. The molecule has 0 saturated heterocycles. The average molecular weight is 856 g/mol. The number of ether oxygens (including phenoxy) is 2. The van der Waals surface area contributed by atoms with Gasteiger partial charge in [-0.15, -0.1) is 0 Å². The van der Waals surface area contributed by atoms with E-state index in [1.54, 1.807) is 36.0 Å². The van der Waals surface area contributed by atoms with E-state index < -0.39 is 48.4 Å². The molecule has 0 N–H and O–H groups in total. The predicted molar refractivity (Wildman–Crippen MR) is 228 cm³/mol. The Kier molecular flexibility index (Phi) is 11.4. The summed E-state index contributed by atoms with van der Waals surface area (Å²) in [7, 11) is -6.79. The first-order valence-electron chi connectivity index (χ1n) is 19.6. The first-order valence-corrected chi connectivity index (χ1v) is 22.7. The predicted octanol–water partition coefficient (Wildman–Crippen LogP) is 9.83. The third kappa shape index (κ3) is 8.40. The van der Waals surface area contributed by atoms with Gasteiger partial charge in [-0.25, -0.2) is 29.6 Å². The monoisotopic (exact) mass is 855 g/mol. The maximum atomic E-state index is 16.5. The second kappa shape index (κ2) is 16.1. The molecule has 2 aromatic heterocycles. The number of carbonyl (C=O) groups excluding carboxylic acids is 1. The van der Waals surface area contributed by atoms with Gasteiger partial charge in [-0.2, -0.15) is 5.10 Å². The summed E-state index contributed by atoms with van der Waals surface area (Å²) < 4.78 is 102. The molecule has 60 heavy (non-hydrogen) atoms. The summed E-state index contributed by atoms with van der Waals surface area (Å²) in [5.41, 5.74) is 1.44. The Morgan fingerprint density at radius 1 is 0.967 bits per heavy atom. The zero-order valence-electron chi connectivity index (χ0n) is 34.3. The average Bonchev–Trinajstić information content (AvgIpc) is 3.86. The largest absolute Gasteiger partial charge is 0.469 e. The molecule has 1 unspecified atom stereocenters. The van der Waals surface area contributed by atoms with Crippen LogP contribution in [0, 0.1) is 29.9 Å². The number of benzene rings is 4. The minimum absolute atomic E-state index is 0.0133. The zero-order chi connectivity index (χ0) is 43.2. The number of hydrogen-bond acceptors (Lipinski definition) is 8. The molecule has 2 bridgehead atoms. The summed E-state index contributed by atoms with van der Waals surface area (Å²) in [6.45, 7) is 9.34. The number of esters is 1. The Morgan fingerprint density at radius 3 is 2.45 bits per heavy atom. The molecular weight excluding hydrogens is 809 g/mol. The van der Waals surface area contributed by atoms with Gasteiger partial charge in [0, 0.05) is 40.4 Å². The zero-order valence-corrected chi connectivity index (χ0v) is 35.9. The summed E-state index contributed by atoms with van der Waals surface area (Å²) in [4.78, 5) is 12.3. The van der Waals surface area contributed by atoms with Crippen LogP contribution in [0.2, 0.25) is 0 Å². The van der Waals surface area contributed by atoms with Crippen molar-refractivity contribution in [1.82, 2.24) is 13.8 Å². The molecule has 1 aliphatic heterocycles. The van der Waals surface area contributed by atoms with E-state index >= 15 is 8.78 Å². The Bertz CT molecular complexity index is 2860. The van der Waals surface area contributed by atoms with E-state index in [4.69, 9.17) is 14.6 Å². The number of carbonyl (C=O) groups is 1. The van der Waals surface area contributed by atoms with E-state index in [9.17, 15) is 21.6 Å². The van der Waals surface area contributed by atoms with Gasteiger partial charge in [0.05, 0.1) is 40.4 Å². The van der Waals surface area contributed by atoms with Gasteiger partial charge in [0.1, 0.15) is 11.6 Å². The molecule has 10 nitrogen and oxygen atoms in total. The van der Waals surface area contributed by atoms with E-state index in [-0.39, 0.29) is 50.1 Å². The SMILES string of the molecule is COC(=O)[C@H](C)Cc1cccc(C2(C)CCCC(C)(C)CS(=O)(=O)/C=C/c3c(c(F)cc4c3ccn4S(=O)(=O)c3ccc(C)cc3)Oc3ccc(F)c(c3)-c3ccnn32)c1. The van der Waals surface area contributed by atoms with Crippen molar-refractivity contribution in [2.75, 3.05) is 12.9 Å². The molecule has 7 rings (SSSR count). The van der Waals surface area contributed by atoms with E-state index in [2.05, 4.69) is 0 Å². The summed E-state index contributed by atoms with van der Waals surface area (Å²) >= 11 is 0. The van der Waals surface area contributed by atoms with Crippen molar-refractivity contribution in [3.8, 4) is 22.8 Å². The van der Waals surface area contributed by atoms with Gasteiger partial charge in [0.2, 0.25) is 0 Å². The molecule has 0 spiro atoms. The maximum Gasteiger partial charge on any atom is 0.308 e. The highest BCUT2D eigenvalue weighted by Gasteiger charge is 2.35. The third-order valence-corrected chi connectivity index (χ3v) is 14.7. The number of aromatic nitrogens is 3. The van der Waals surface area contributed by atoms with Crippen LogP contribution in [0.15, 0.2) is 108 Å². The molecule has 0 fully saturated rings. The van der Waals surface area contributed by atoms with Crippen LogP contribution in [-0.2, 0) is 41.4 Å². The highest BCUT2D eigenvalue weighted by molar-refractivity contribution is 7.94.